The summed E-state index contributed by atoms with van der Waals surface area (Å²) in [5.41, 5.74) is 9.64. The average molecular weight is 234 g/mol. The van der Waals surface area contributed by atoms with E-state index in [0.717, 1.165) is 25.9 Å². The minimum Gasteiger partial charge on any atom is -0.394 e. The molecule has 3 nitrogen and oxygen atoms in total. The molecule has 0 spiro atoms. The second kappa shape index (κ2) is 4.67. The molecule has 1 heterocycles. The Morgan fingerprint density at radius 1 is 1.29 bits per heavy atom. The van der Waals surface area contributed by atoms with E-state index in [1.807, 2.05) is 0 Å². The standard InChI is InChI=1S/C14H22N2O/c1-11-3-4-13(12(2)9-11)16-7-5-14(15,10-17)6-8-16/h3-4,9,17H,5-8,10,15H2,1-2H3. The first-order valence-electron chi connectivity index (χ1n) is 6.26. The van der Waals surface area contributed by atoms with Crippen molar-refractivity contribution in [3.63, 3.8) is 0 Å². The third-order valence-corrected chi connectivity index (χ3v) is 3.77. The van der Waals surface area contributed by atoms with Crippen LogP contribution in [0.4, 0.5) is 5.69 Å². The van der Waals surface area contributed by atoms with E-state index in [2.05, 4.69) is 36.9 Å². The number of piperidine rings is 1. The van der Waals surface area contributed by atoms with E-state index in [1.54, 1.807) is 0 Å². The van der Waals surface area contributed by atoms with Crippen LogP contribution in [0.3, 0.4) is 0 Å². The van der Waals surface area contributed by atoms with Gasteiger partial charge < -0.3 is 15.7 Å². The topological polar surface area (TPSA) is 49.5 Å². The van der Waals surface area contributed by atoms with Gasteiger partial charge in [-0.2, -0.15) is 0 Å². The van der Waals surface area contributed by atoms with E-state index in [-0.39, 0.29) is 12.1 Å². The van der Waals surface area contributed by atoms with Gasteiger partial charge in [0, 0.05) is 24.3 Å². The minimum absolute atomic E-state index is 0.0910. The summed E-state index contributed by atoms with van der Waals surface area (Å²) in [6, 6.07) is 6.55. The summed E-state index contributed by atoms with van der Waals surface area (Å²) in [6.45, 7) is 6.22. The Bertz CT molecular complexity index is 395. The molecule has 0 atom stereocenters. The van der Waals surface area contributed by atoms with Crippen LogP contribution < -0.4 is 10.6 Å². The lowest BCUT2D eigenvalue weighted by Crippen LogP contribution is -2.53. The molecule has 1 fully saturated rings. The number of benzene rings is 1. The second-order valence-electron chi connectivity index (χ2n) is 5.30. The molecule has 1 aromatic carbocycles. The van der Waals surface area contributed by atoms with Gasteiger partial charge in [0.15, 0.2) is 0 Å². The molecule has 0 radical (unpaired) electrons. The Morgan fingerprint density at radius 2 is 1.94 bits per heavy atom. The molecule has 2 rings (SSSR count). The highest BCUT2D eigenvalue weighted by molar-refractivity contribution is 5.54. The molecule has 0 aromatic heterocycles. The van der Waals surface area contributed by atoms with E-state index in [4.69, 9.17) is 5.73 Å². The highest BCUT2D eigenvalue weighted by Gasteiger charge is 2.30. The van der Waals surface area contributed by atoms with E-state index < -0.39 is 0 Å². The summed E-state index contributed by atoms with van der Waals surface area (Å²) in [6.07, 6.45) is 1.72. The summed E-state index contributed by atoms with van der Waals surface area (Å²) in [4.78, 5) is 2.37. The Hall–Kier alpha value is -1.06. The number of aliphatic hydroxyl groups excluding tert-OH is 1. The number of nitrogens with two attached hydrogens (primary N) is 1. The van der Waals surface area contributed by atoms with Gasteiger partial charge in [-0.3, -0.25) is 0 Å². The van der Waals surface area contributed by atoms with Gasteiger partial charge in [-0.15, -0.1) is 0 Å². The Balaban J connectivity index is 2.10. The zero-order valence-corrected chi connectivity index (χ0v) is 10.7. The number of anilines is 1. The average Bonchev–Trinajstić information content (AvgIpc) is 2.31. The lowest BCUT2D eigenvalue weighted by Gasteiger charge is -2.39. The zero-order valence-electron chi connectivity index (χ0n) is 10.7. The molecule has 0 saturated carbocycles. The van der Waals surface area contributed by atoms with Gasteiger partial charge >= 0.3 is 0 Å². The van der Waals surface area contributed by atoms with Crippen LogP contribution in [0, 0.1) is 13.8 Å². The number of aliphatic hydroxyl groups is 1. The van der Waals surface area contributed by atoms with Gasteiger partial charge in [-0.25, -0.2) is 0 Å². The van der Waals surface area contributed by atoms with Gasteiger partial charge in [0.05, 0.1) is 6.61 Å². The third kappa shape index (κ3) is 2.61. The van der Waals surface area contributed by atoms with E-state index in [0.29, 0.717) is 0 Å². The maximum Gasteiger partial charge on any atom is 0.0612 e. The fourth-order valence-electron chi connectivity index (χ4n) is 2.51. The largest absolute Gasteiger partial charge is 0.394 e. The highest BCUT2D eigenvalue weighted by atomic mass is 16.3. The van der Waals surface area contributed by atoms with Crippen molar-refractivity contribution in [1.29, 1.82) is 0 Å². The van der Waals surface area contributed by atoms with Gasteiger partial charge in [0.2, 0.25) is 0 Å². The smallest absolute Gasteiger partial charge is 0.0612 e. The fraction of sp³-hybridized carbons (Fsp3) is 0.571. The number of hydrogen-bond donors (Lipinski definition) is 2. The van der Waals surface area contributed by atoms with Gasteiger partial charge in [-0.1, -0.05) is 17.7 Å². The molecule has 1 saturated heterocycles. The van der Waals surface area contributed by atoms with Gasteiger partial charge in [0.1, 0.15) is 0 Å². The maximum absolute atomic E-state index is 9.25. The molecule has 94 valence electrons. The molecule has 17 heavy (non-hydrogen) atoms. The normalized spacial score (nSPS) is 19.4. The van der Waals surface area contributed by atoms with Gasteiger partial charge in [0.25, 0.3) is 0 Å². The third-order valence-electron chi connectivity index (χ3n) is 3.77. The van der Waals surface area contributed by atoms with Crippen molar-refractivity contribution < 1.29 is 5.11 Å². The van der Waals surface area contributed by atoms with Crippen LogP contribution in [0.2, 0.25) is 0 Å². The quantitative estimate of drug-likeness (QED) is 0.817. The molecule has 0 bridgehead atoms. The molecule has 3 heteroatoms. The first-order chi connectivity index (χ1) is 8.04. The Labute approximate surface area is 103 Å². The van der Waals surface area contributed by atoms with Crippen molar-refractivity contribution >= 4 is 5.69 Å². The van der Waals surface area contributed by atoms with Crippen molar-refractivity contribution in [2.24, 2.45) is 5.73 Å². The zero-order chi connectivity index (χ0) is 12.5. The summed E-state index contributed by atoms with van der Waals surface area (Å²) >= 11 is 0. The van der Waals surface area contributed by atoms with Gasteiger partial charge in [-0.05, 0) is 38.3 Å². The SMILES string of the molecule is Cc1ccc(N2CCC(N)(CO)CC2)c(C)c1. The van der Waals surface area contributed by atoms with Crippen molar-refractivity contribution in [1.82, 2.24) is 0 Å². The molecule has 1 aliphatic rings. The predicted molar refractivity (Wildman–Crippen MR) is 71.4 cm³/mol. The molecular formula is C14H22N2O. The Morgan fingerprint density at radius 3 is 2.47 bits per heavy atom. The maximum atomic E-state index is 9.25. The first-order valence-corrected chi connectivity index (χ1v) is 6.26. The van der Waals surface area contributed by atoms with Crippen molar-refractivity contribution in [3.8, 4) is 0 Å². The van der Waals surface area contributed by atoms with Crippen LogP contribution in [-0.4, -0.2) is 30.3 Å². The van der Waals surface area contributed by atoms with Crippen molar-refractivity contribution in [3.05, 3.63) is 29.3 Å². The molecular weight excluding hydrogens is 212 g/mol. The fourth-order valence-corrected chi connectivity index (χ4v) is 2.51. The van der Waals surface area contributed by atoms with Crippen LogP contribution in [0.15, 0.2) is 18.2 Å². The molecule has 0 unspecified atom stereocenters. The summed E-state index contributed by atoms with van der Waals surface area (Å²) in [7, 11) is 0. The van der Waals surface area contributed by atoms with Crippen molar-refractivity contribution in [2.45, 2.75) is 32.2 Å². The monoisotopic (exact) mass is 234 g/mol. The van der Waals surface area contributed by atoms with E-state index in [9.17, 15) is 5.11 Å². The summed E-state index contributed by atoms with van der Waals surface area (Å²) in [5.74, 6) is 0. The second-order valence-corrected chi connectivity index (χ2v) is 5.30. The summed E-state index contributed by atoms with van der Waals surface area (Å²) in [5, 5.41) is 9.25. The highest BCUT2D eigenvalue weighted by Crippen LogP contribution is 2.27. The minimum atomic E-state index is -0.366. The predicted octanol–water partition coefficient (Wildman–Crippen LogP) is 1.59. The summed E-state index contributed by atoms with van der Waals surface area (Å²) < 4.78 is 0. The lowest BCUT2D eigenvalue weighted by molar-refractivity contribution is 0.170. The Kier molecular flexibility index (Phi) is 3.40. The van der Waals surface area contributed by atoms with Crippen LogP contribution in [0.1, 0.15) is 24.0 Å². The molecule has 0 amide bonds. The number of rotatable bonds is 2. The molecule has 1 aromatic rings. The first kappa shape index (κ1) is 12.4. The van der Waals surface area contributed by atoms with Crippen molar-refractivity contribution in [2.75, 3.05) is 24.6 Å². The van der Waals surface area contributed by atoms with E-state index in [1.165, 1.54) is 16.8 Å². The number of nitrogens with zero attached hydrogens (tertiary/aromatic N) is 1. The lowest BCUT2D eigenvalue weighted by atomic mass is 9.89. The number of aryl methyl sites for hydroxylation is 2. The van der Waals surface area contributed by atoms with Crippen LogP contribution in [0.5, 0.6) is 0 Å². The molecule has 0 aliphatic carbocycles. The van der Waals surface area contributed by atoms with Crippen LogP contribution in [-0.2, 0) is 0 Å². The van der Waals surface area contributed by atoms with E-state index >= 15 is 0 Å². The molecule has 1 aliphatic heterocycles. The molecule has 3 N–H and O–H groups in total. The number of hydrogen-bond acceptors (Lipinski definition) is 3. The van der Waals surface area contributed by atoms with Crippen LogP contribution in [0.25, 0.3) is 0 Å². The van der Waals surface area contributed by atoms with Crippen LogP contribution >= 0.6 is 0 Å².